The fourth-order valence-electron chi connectivity index (χ4n) is 5.84. The highest BCUT2D eigenvalue weighted by Crippen LogP contribution is 2.53. The van der Waals surface area contributed by atoms with E-state index in [9.17, 15) is 17.8 Å². The quantitative estimate of drug-likeness (QED) is 0.377. The van der Waals surface area contributed by atoms with Crippen LogP contribution in [0.2, 0.25) is 0 Å². The molecule has 3 aliphatic rings. The number of carbonyl (C=O) groups excluding carboxylic acids is 1. The topological polar surface area (TPSA) is 101 Å². The Hall–Kier alpha value is -3.86. The molecule has 2 aliphatic carbocycles. The average Bonchev–Trinajstić information content (AvgIpc) is 3.63. The highest BCUT2D eigenvalue weighted by Gasteiger charge is 2.46. The van der Waals surface area contributed by atoms with Crippen LogP contribution in [-0.2, 0) is 9.73 Å². The van der Waals surface area contributed by atoms with Gasteiger partial charge < -0.3 is 9.64 Å². The van der Waals surface area contributed by atoms with Gasteiger partial charge in [-0.3, -0.25) is 4.79 Å². The molecule has 1 aliphatic heterocycles. The molecule has 0 spiro atoms. The number of nitrogens with zero attached hydrogens (tertiary/aromatic N) is 4. The summed E-state index contributed by atoms with van der Waals surface area (Å²) >= 11 is 0. The van der Waals surface area contributed by atoms with Crippen LogP contribution in [0.1, 0.15) is 58.4 Å². The fraction of sp³-hybridized carbons (Fsp3) is 0.296. The van der Waals surface area contributed by atoms with Crippen molar-refractivity contribution in [2.24, 2.45) is 0 Å². The van der Waals surface area contributed by atoms with Gasteiger partial charge in [-0.25, -0.2) is 18.5 Å². The summed E-state index contributed by atoms with van der Waals surface area (Å²) in [5, 5.41) is 4.98. The summed E-state index contributed by atoms with van der Waals surface area (Å²) in [6, 6.07) is 11.7. The van der Waals surface area contributed by atoms with Crippen molar-refractivity contribution < 1.29 is 22.5 Å². The summed E-state index contributed by atoms with van der Waals surface area (Å²) in [5.41, 5.74) is 4.89. The Bertz CT molecular complexity index is 1730. The molecular weight excluding hydrogens is 512 g/mol. The van der Waals surface area contributed by atoms with E-state index in [1.165, 1.54) is 6.07 Å². The number of nitrogens with one attached hydrogen (secondary N) is 1. The summed E-state index contributed by atoms with van der Waals surface area (Å²) in [6.07, 6.45) is 5.57. The lowest BCUT2D eigenvalue weighted by Gasteiger charge is -2.23. The van der Waals surface area contributed by atoms with Gasteiger partial charge in [0.15, 0.2) is 0 Å². The number of halogens is 2. The van der Waals surface area contributed by atoms with Crippen molar-refractivity contribution in [3.05, 3.63) is 77.2 Å². The second-order valence-electron chi connectivity index (χ2n) is 10.0. The number of fused-ring (bicyclic) bond motifs is 9. The molecule has 3 atom stereocenters. The molecule has 0 saturated heterocycles. The third kappa shape index (κ3) is 3.37. The second-order valence-corrected chi connectivity index (χ2v) is 12.3. The zero-order valence-electron chi connectivity index (χ0n) is 20.3. The molecule has 38 heavy (non-hydrogen) atoms. The van der Waals surface area contributed by atoms with Crippen molar-refractivity contribution in [2.75, 3.05) is 7.05 Å². The summed E-state index contributed by atoms with van der Waals surface area (Å²) in [7, 11) is -1.17. The molecule has 7 rings (SSSR count). The zero-order valence-corrected chi connectivity index (χ0v) is 21.1. The number of ether oxygens (including phenoxy) is 1. The van der Waals surface area contributed by atoms with E-state index in [1.54, 1.807) is 40.9 Å². The normalized spacial score (nSPS) is 21.8. The lowest BCUT2D eigenvalue weighted by molar-refractivity contribution is -0.0505. The summed E-state index contributed by atoms with van der Waals surface area (Å²) < 4.78 is 54.2. The van der Waals surface area contributed by atoms with Crippen LogP contribution in [0, 0.1) is 4.78 Å². The van der Waals surface area contributed by atoms with Gasteiger partial charge in [-0.1, -0.05) is 12.1 Å². The number of hydrogen-bond acceptors (Lipinski definition) is 6. The second kappa shape index (κ2) is 8.07. The van der Waals surface area contributed by atoms with Crippen molar-refractivity contribution in [3.8, 4) is 16.9 Å². The standard InChI is InChI=1S/C27H23F2N5O3S/c1-33-20-12-18(23-17(26(33)35)3-2-4-21(23)37-27(28)29)24-19-11-14(9-10-34(19)32-25(20)24)15-5-8-22(31-13-15)38(30,36)16-6-7-16/h2-5,8-11,13,16,18,20,27,30H,6-7,12H2,1H3/t18-,20-,38?/m1/s1. The highest BCUT2D eigenvalue weighted by atomic mass is 32.2. The Kier molecular flexibility index (Phi) is 4.94. The molecule has 11 heteroatoms. The van der Waals surface area contributed by atoms with Crippen molar-refractivity contribution in [1.29, 1.82) is 4.78 Å². The molecule has 4 heterocycles. The van der Waals surface area contributed by atoms with E-state index in [0.29, 0.717) is 22.6 Å². The van der Waals surface area contributed by atoms with Gasteiger partial charge >= 0.3 is 6.61 Å². The maximum Gasteiger partial charge on any atom is 0.387 e. The van der Waals surface area contributed by atoms with E-state index in [2.05, 4.69) is 4.98 Å². The summed E-state index contributed by atoms with van der Waals surface area (Å²) in [5.74, 6) is -0.602. The Balaban J connectivity index is 1.36. The van der Waals surface area contributed by atoms with Crippen LogP contribution in [-0.4, -0.2) is 48.5 Å². The number of rotatable bonds is 5. The van der Waals surface area contributed by atoms with E-state index < -0.39 is 16.3 Å². The van der Waals surface area contributed by atoms with Crippen LogP contribution in [0.15, 0.2) is 59.9 Å². The largest absolute Gasteiger partial charge is 0.434 e. The van der Waals surface area contributed by atoms with E-state index in [0.717, 1.165) is 40.7 Å². The molecule has 1 saturated carbocycles. The first kappa shape index (κ1) is 23.3. The first-order valence-corrected chi connectivity index (χ1v) is 14.0. The molecule has 1 amide bonds. The molecule has 4 aromatic rings. The minimum absolute atomic E-state index is 0.00250. The number of amides is 1. The van der Waals surface area contributed by atoms with Crippen LogP contribution in [0.25, 0.3) is 16.6 Å². The fourth-order valence-corrected chi connectivity index (χ4v) is 7.46. The summed E-state index contributed by atoms with van der Waals surface area (Å²) in [6.45, 7) is -3.02. The Morgan fingerprint density at radius 2 is 1.95 bits per heavy atom. The van der Waals surface area contributed by atoms with E-state index in [1.807, 2.05) is 24.4 Å². The van der Waals surface area contributed by atoms with Crippen LogP contribution in [0.3, 0.4) is 0 Å². The first-order chi connectivity index (χ1) is 18.2. The number of hydrogen-bond donors (Lipinski definition) is 1. The minimum Gasteiger partial charge on any atom is -0.434 e. The number of benzene rings is 1. The van der Waals surface area contributed by atoms with Crippen molar-refractivity contribution in [3.63, 3.8) is 0 Å². The van der Waals surface area contributed by atoms with Gasteiger partial charge in [0, 0.05) is 52.9 Å². The smallest absolute Gasteiger partial charge is 0.387 e. The third-order valence-corrected chi connectivity index (χ3v) is 10.1. The van der Waals surface area contributed by atoms with Gasteiger partial charge in [0.2, 0.25) is 0 Å². The molecule has 1 N–H and O–H groups in total. The number of aromatic nitrogens is 3. The maximum atomic E-state index is 13.3. The molecule has 0 radical (unpaired) electrons. The average molecular weight is 536 g/mol. The first-order valence-electron chi connectivity index (χ1n) is 12.3. The van der Waals surface area contributed by atoms with Gasteiger partial charge in [-0.05, 0) is 55.2 Å². The van der Waals surface area contributed by atoms with E-state index in [-0.39, 0.29) is 28.9 Å². The SMILES string of the molecule is CN1C(=O)c2cccc(OC(F)F)c2[C@H]2C[C@@H]1c1nn3ccc(-c4ccc(S(=N)(=O)C5CC5)nc4)cc3c12. The Morgan fingerprint density at radius 3 is 2.66 bits per heavy atom. The maximum absolute atomic E-state index is 13.3. The van der Waals surface area contributed by atoms with Crippen molar-refractivity contribution in [1.82, 2.24) is 19.5 Å². The number of alkyl halides is 2. The number of carbonyl (C=O) groups is 1. The lowest BCUT2D eigenvalue weighted by Crippen LogP contribution is -2.30. The molecule has 1 aromatic carbocycles. The van der Waals surface area contributed by atoms with Gasteiger partial charge in [0.25, 0.3) is 5.91 Å². The minimum atomic E-state index is -3.02. The highest BCUT2D eigenvalue weighted by molar-refractivity contribution is 7.93. The monoisotopic (exact) mass is 535 g/mol. The molecule has 3 aromatic heterocycles. The van der Waals surface area contributed by atoms with Crippen molar-refractivity contribution >= 4 is 21.2 Å². The van der Waals surface area contributed by atoms with Gasteiger partial charge in [0.05, 0.1) is 27.0 Å². The Labute approximate surface area is 217 Å². The molecule has 1 fully saturated rings. The van der Waals surface area contributed by atoms with E-state index in [4.69, 9.17) is 14.6 Å². The molecule has 8 nitrogen and oxygen atoms in total. The Morgan fingerprint density at radius 1 is 1.13 bits per heavy atom. The van der Waals surface area contributed by atoms with Crippen LogP contribution < -0.4 is 4.74 Å². The van der Waals surface area contributed by atoms with Crippen LogP contribution >= 0.6 is 0 Å². The number of pyridine rings is 2. The van der Waals surface area contributed by atoms with Crippen molar-refractivity contribution in [2.45, 2.75) is 48.1 Å². The third-order valence-electron chi connectivity index (χ3n) is 7.85. The molecule has 194 valence electrons. The predicted octanol–water partition coefficient (Wildman–Crippen LogP) is 5.23. The zero-order chi connectivity index (χ0) is 26.3. The summed E-state index contributed by atoms with van der Waals surface area (Å²) in [4.78, 5) is 19.3. The van der Waals surface area contributed by atoms with Gasteiger partial charge in [-0.15, -0.1) is 0 Å². The van der Waals surface area contributed by atoms with Gasteiger partial charge in [-0.2, -0.15) is 13.9 Å². The van der Waals surface area contributed by atoms with Crippen LogP contribution in [0.4, 0.5) is 8.78 Å². The van der Waals surface area contributed by atoms with Crippen LogP contribution in [0.5, 0.6) is 5.75 Å². The lowest BCUT2D eigenvalue weighted by atomic mass is 9.88. The van der Waals surface area contributed by atoms with E-state index >= 15 is 0 Å². The molecule has 1 unspecified atom stereocenters. The van der Waals surface area contributed by atoms with Gasteiger partial charge in [0.1, 0.15) is 10.8 Å². The predicted molar refractivity (Wildman–Crippen MR) is 135 cm³/mol. The molecule has 2 bridgehead atoms. The molecular formula is C27H23F2N5O3S.